The maximum absolute atomic E-state index is 15.2. The van der Waals surface area contributed by atoms with Gasteiger partial charge in [-0.15, -0.1) is 0 Å². The zero-order valence-corrected chi connectivity index (χ0v) is 24.9. The molecule has 0 saturated heterocycles. The largest absolute Gasteiger partial charge is 1.00 e. The number of nitriles is 1. The molecule has 0 saturated carbocycles. The molecule has 0 aliphatic rings. The Hall–Kier alpha value is -2.20. The summed E-state index contributed by atoms with van der Waals surface area (Å²) in [6, 6.07) is 10.9. The number of rotatable bonds is 8. The minimum absolute atomic E-state index is 0. The second-order valence-corrected chi connectivity index (χ2v) is 10.2. The van der Waals surface area contributed by atoms with Crippen molar-refractivity contribution in [3.63, 3.8) is 0 Å². The van der Waals surface area contributed by atoms with Crippen LogP contribution in [0.1, 0.15) is 34.8 Å². The molecule has 0 aliphatic heterocycles. The number of carbonyl (C=O) groups is 2. The van der Waals surface area contributed by atoms with E-state index in [0.29, 0.717) is 0 Å². The summed E-state index contributed by atoms with van der Waals surface area (Å²) in [7, 11) is -4.67. The fourth-order valence-electron chi connectivity index (χ4n) is 3.30. The molecule has 2 N–H and O–H groups in total. The summed E-state index contributed by atoms with van der Waals surface area (Å²) in [5.74, 6) is -2.65. The predicted molar refractivity (Wildman–Crippen MR) is 138 cm³/mol. The van der Waals surface area contributed by atoms with Crippen LogP contribution in [0.25, 0.3) is 5.14 Å². The molecule has 0 radical (unpaired) electrons. The van der Waals surface area contributed by atoms with Crippen molar-refractivity contribution in [2.75, 3.05) is 5.32 Å². The summed E-state index contributed by atoms with van der Waals surface area (Å²) in [5, 5.41) is 18.4. The van der Waals surface area contributed by atoms with E-state index in [4.69, 9.17) is 49.9 Å². The van der Waals surface area contributed by atoms with Crippen LogP contribution in [0.5, 0.6) is 11.5 Å². The molecule has 0 unspecified atom stereocenters. The number of benzene rings is 3. The quantitative estimate of drug-likeness (QED) is 0.304. The van der Waals surface area contributed by atoms with Crippen molar-refractivity contribution < 1.29 is 56.7 Å². The minimum atomic E-state index is -4.67. The van der Waals surface area contributed by atoms with Crippen LogP contribution in [0.3, 0.4) is 0 Å². The number of Topliss-reactive ketones (excluding diaryl/α,β-unsaturated/α-hetero) is 1. The third-order valence-electron chi connectivity index (χ3n) is 4.96. The monoisotopic (exact) mass is 605 g/mol. The molecular formula is C24H16Cl3FN3NaO5S. The van der Waals surface area contributed by atoms with Gasteiger partial charge in [-0.2, -0.15) is 5.26 Å². The Labute approximate surface area is 255 Å². The van der Waals surface area contributed by atoms with Crippen LogP contribution in [-0.4, -0.2) is 20.1 Å². The van der Waals surface area contributed by atoms with Crippen molar-refractivity contribution in [2.45, 2.75) is 24.7 Å². The summed E-state index contributed by atoms with van der Waals surface area (Å²) >= 11 is 18.2. The number of carbonyl (C=O) groups excluding carboxylic acids is 2. The van der Waals surface area contributed by atoms with Crippen LogP contribution < -0.4 is 39.6 Å². The number of ether oxygens (including phenoxy) is 1. The Morgan fingerprint density at radius 1 is 1.13 bits per heavy atom. The minimum Gasteiger partial charge on any atom is -0.560 e. The van der Waals surface area contributed by atoms with Gasteiger partial charge in [0.25, 0.3) is 0 Å². The average Bonchev–Trinajstić information content (AvgIpc) is 2.83. The van der Waals surface area contributed by atoms with Gasteiger partial charge >= 0.3 is 29.6 Å². The number of halogens is 4. The van der Waals surface area contributed by atoms with Gasteiger partial charge in [-0.25, -0.2) is 12.8 Å². The smallest absolute Gasteiger partial charge is 0.560 e. The molecule has 1 amide bonds. The van der Waals surface area contributed by atoms with E-state index in [9.17, 15) is 18.0 Å². The first-order chi connectivity index (χ1) is 17.3. The van der Waals surface area contributed by atoms with Gasteiger partial charge in [-0.3, -0.25) is 9.59 Å². The number of nitrogens with zero attached hydrogens (tertiary/aromatic N) is 1. The van der Waals surface area contributed by atoms with Crippen LogP contribution in [0.15, 0.2) is 47.4 Å². The second-order valence-electron chi connectivity index (χ2n) is 7.55. The molecule has 3 aromatic carbocycles. The van der Waals surface area contributed by atoms with Gasteiger partial charge in [0, 0.05) is 22.6 Å². The molecule has 0 heterocycles. The van der Waals surface area contributed by atoms with E-state index in [2.05, 4.69) is 5.32 Å². The average molecular weight is 607 g/mol. The maximum atomic E-state index is 15.2. The number of hydrogen-bond acceptors (Lipinski definition) is 6. The first-order valence-corrected chi connectivity index (χ1v) is 13.0. The number of ketones is 1. The van der Waals surface area contributed by atoms with Crippen molar-refractivity contribution >= 4 is 62.2 Å². The Kier molecular flexibility index (Phi) is 11.2. The molecule has 0 atom stereocenters. The van der Waals surface area contributed by atoms with Crippen LogP contribution in [0.4, 0.5) is 10.1 Å². The predicted octanol–water partition coefficient (Wildman–Crippen LogP) is 3.97. The van der Waals surface area contributed by atoms with Crippen molar-refractivity contribution in [1.29, 1.82) is 5.26 Å². The Balaban J connectivity index is 0.00000507. The van der Waals surface area contributed by atoms with Gasteiger partial charge in [0.1, 0.15) is 15.8 Å². The van der Waals surface area contributed by atoms with E-state index in [1.54, 1.807) is 0 Å². The molecule has 192 valence electrons. The molecule has 0 spiro atoms. The Morgan fingerprint density at radius 3 is 2.42 bits per heavy atom. The molecule has 0 aliphatic carbocycles. The zero-order chi connectivity index (χ0) is 27.5. The fourth-order valence-corrected chi connectivity index (χ4v) is 5.04. The molecule has 38 heavy (non-hydrogen) atoms. The van der Waals surface area contributed by atoms with Crippen LogP contribution in [0, 0.1) is 17.1 Å². The summed E-state index contributed by atoms with van der Waals surface area (Å²) in [5.41, 5.74) is -0.403. The normalized spacial score (nSPS) is 10.8. The number of amides is 1. The molecule has 8 nitrogen and oxygen atoms in total. The molecule has 0 bridgehead atoms. The summed E-state index contributed by atoms with van der Waals surface area (Å²) in [6.45, 7) is 1.51. The van der Waals surface area contributed by atoms with Crippen molar-refractivity contribution in [3.8, 4) is 17.6 Å². The van der Waals surface area contributed by atoms with Crippen LogP contribution in [-0.2, 0) is 21.2 Å². The van der Waals surface area contributed by atoms with Crippen molar-refractivity contribution in [3.05, 3.63) is 85.2 Å². The van der Waals surface area contributed by atoms with Gasteiger partial charge in [0.15, 0.2) is 17.3 Å². The first-order valence-electron chi connectivity index (χ1n) is 10.4. The van der Waals surface area contributed by atoms with E-state index < -0.39 is 49.6 Å². The third kappa shape index (κ3) is 7.46. The maximum Gasteiger partial charge on any atom is 1.00 e. The number of sulfonamides is 1. The Morgan fingerprint density at radius 2 is 1.82 bits per heavy atom. The van der Waals surface area contributed by atoms with Crippen LogP contribution in [0.2, 0.25) is 15.1 Å². The number of hydrogen-bond donors (Lipinski definition) is 1. The van der Waals surface area contributed by atoms with Gasteiger partial charge in [-0.1, -0.05) is 47.8 Å². The third-order valence-corrected chi connectivity index (χ3v) is 6.94. The van der Waals surface area contributed by atoms with Gasteiger partial charge < -0.3 is 15.2 Å². The van der Waals surface area contributed by atoms with Gasteiger partial charge in [0.05, 0.1) is 38.7 Å². The van der Waals surface area contributed by atoms with Gasteiger partial charge in [-0.05, 0) is 36.4 Å². The zero-order valence-electron chi connectivity index (χ0n) is 19.9. The van der Waals surface area contributed by atoms with Crippen molar-refractivity contribution in [1.82, 2.24) is 0 Å². The fraction of sp³-hybridized carbons (Fsp3) is 0.125. The summed E-state index contributed by atoms with van der Waals surface area (Å²) in [4.78, 5) is 24.1. The van der Waals surface area contributed by atoms with Gasteiger partial charge in [0.2, 0.25) is 5.91 Å². The molecule has 0 aromatic heterocycles. The first kappa shape index (κ1) is 32.0. The van der Waals surface area contributed by atoms with Crippen LogP contribution >= 0.6 is 34.8 Å². The SMILES string of the molecule is CCC(=O)c1ccc(NC(=O)Cc2ccc(Cl)c(Oc3cc(Cl)cc(C#N)c3)c2F)c(Cl)c1S([NH-])(=O)=O.[Na+]. The summed E-state index contributed by atoms with van der Waals surface area (Å²) in [6.07, 6.45) is -0.564. The van der Waals surface area contributed by atoms with E-state index in [0.717, 1.165) is 6.07 Å². The Bertz CT molecular complexity index is 1580. The summed E-state index contributed by atoms with van der Waals surface area (Å²) < 4.78 is 44.7. The molecule has 0 fully saturated rings. The van der Waals surface area contributed by atoms with Crippen molar-refractivity contribution in [2.24, 2.45) is 0 Å². The molecule has 3 aromatic rings. The van der Waals surface area contributed by atoms with E-state index in [-0.39, 0.29) is 74.2 Å². The van der Waals surface area contributed by atoms with E-state index in [1.807, 2.05) is 6.07 Å². The topological polar surface area (TPSA) is 137 Å². The molecule has 14 heteroatoms. The standard InChI is InChI=1S/C24H17Cl3FN3O5S.Na/c1-2-19(32)16-4-6-18(21(27)24(16)37(30,34)35)31-20(33)9-13-3-5-17(26)23(22(13)28)36-15-8-12(11-29)7-14(25)10-15;/h3-8,10H,2,9H2,1H3,(H3,30,31,32,33,34,35);/q;+1/p-1. The molecule has 3 rings (SSSR count). The molecular weight excluding hydrogens is 591 g/mol. The number of nitrogens with one attached hydrogen (secondary N) is 2. The van der Waals surface area contributed by atoms with E-state index >= 15 is 4.39 Å². The second kappa shape index (κ2) is 13.2. The number of anilines is 1. The van der Waals surface area contributed by atoms with E-state index in [1.165, 1.54) is 43.3 Å².